The van der Waals surface area contributed by atoms with Crippen LogP contribution in [-0.4, -0.2) is 62.1 Å². The van der Waals surface area contributed by atoms with Gasteiger partial charge in [0, 0.05) is 45.5 Å². The van der Waals surface area contributed by atoms with Crippen LogP contribution in [0, 0.1) is 6.92 Å². The number of amides is 1. The number of pyridine rings is 1. The van der Waals surface area contributed by atoms with Gasteiger partial charge in [-0.25, -0.2) is 4.98 Å². The minimum atomic E-state index is -0.168. The summed E-state index contributed by atoms with van der Waals surface area (Å²) in [5.74, 6) is 0.524. The second-order valence-electron chi connectivity index (χ2n) is 10.2. The number of carbonyl (C=O) groups is 1. The molecule has 0 atom stereocenters. The lowest BCUT2D eigenvalue weighted by Gasteiger charge is -2.36. The normalized spacial score (nSPS) is 17.6. The van der Waals surface area contributed by atoms with E-state index in [2.05, 4.69) is 41.0 Å². The fourth-order valence-electron chi connectivity index (χ4n) is 5.15. The summed E-state index contributed by atoms with van der Waals surface area (Å²) in [7, 11) is 0. The van der Waals surface area contributed by atoms with Crippen molar-refractivity contribution >= 4 is 51.7 Å². The third kappa shape index (κ3) is 6.10. The summed E-state index contributed by atoms with van der Waals surface area (Å²) < 4.78 is 2.14. The molecule has 0 saturated carbocycles. The number of benzene rings is 1. The molecule has 1 amide bonds. The molecule has 0 bridgehead atoms. The van der Waals surface area contributed by atoms with Crippen LogP contribution in [-0.2, 0) is 11.3 Å². The summed E-state index contributed by atoms with van der Waals surface area (Å²) in [6.45, 7) is 8.88. The highest BCUT2D eigenvalue weighted by Gasteiger charge is 2.33. The fourth-order valence-corrected chi connectivity index (χ4v) is 6.44. The molecule has 4 heterocycles. The van der Waals surface area contributed by atoms with Crippen molar-refractivity contribution < 1.29 is 4.79 Å². The van der Waals surface area contributed by atoms with E-state index in [4.69, 9.17) is 17.2 Å². The van der Waals surface area contributed by atoms with Crippen LogP contribution in [0.1, 0.15) is 49.3 Å². The lowest BCUT2D eigenvalue weighted by atomic mass is 10.1. The summed E-state index contributed by atoms with van der Waals surface area (Å²) in [6, 6.07) is 14.3. The first kappa shape index (κ1) is 27.6. The molecule has 0 unspecified atom stereocenters. The van der Waals surface area contributed by atoms with Gasteiger partial charge >= 0.3 is 0 Å². The molecule has 2 aromatic heterocycles. The summed E-state index contributed by atoms with van der Waals surface area (Å²) in [5, 5.41) is 0. The van der Waals surface area contributed by atoms with Gasteiger partial charge in [0.15, 0.2) is 0 Å². The molecule has 7 nitrogen and oxygen atoms in total. The lowest BCUT2D eigenvalue weighted by Crippen LogP contribution is -2.47. The van der Waals surface area contributed by atoms with Crippen molar-refractivity contribution in [2.45, 2.75) is 46.1 Å². The Morgan fingerprint density at radius 1 is 1.00 bits per heavy atom. The first-order valence-corrected chi connectivity index (χ1v) is 15.0. The van der Waals surface area contributed by atoms with Crippen molar-refractivity contribution in [3.63, 3.8) is 0 Å². The molecular weight excluding hydrogens is 526 g/mol. The molecule has 2 aliphatic heterocycles. The van der Waals surface area contributed by atoms with Gasteiger partial charge in [0.1, 0.15) is 15.8 Å². The number of aryl methyl sites for hydroxylation is 1. The van der Waals surface area contributed by atoms with Crippen LogP contribution in [0.3, 0.4) is 0 Å². The van der Waals surface area contributed by atoms with E-state index in [-0.39, 0.29) is 11.5 Å². The van der Waals surface area contributed by atoms with Gasteiger partial charge in [-0.3, -0.25) is 23.8 Å². The second-order valence-corrected chi connectivity index (χ2v) is 11.9. The van der Waals surface area contributed by atoms with E-state index in [0.29, 0.717) is 32.8 Å². The standard InChI is InChI=1S/C30H35N5O2S2/c1-3-4-5-9-14-35-29(37)25(39-30(35)38)20-24-27(31-26-22(2)11-10-15-34(26)28(24)36)33-18-16-32(17-19-33)21-23-12-7-6-8-13-23/h6-8,10-13,15,20H,3-5,9,14,16-19,21H2,1-2H3/b25-20+. The van der Waals surface area contributed by atoms with Gasteiger partial charge in [-0.05, 0) is 36.6 Å². The van der Waals surface area contributed by atoms with Crippen LogP contribution in [0.15, 0.2) is 58.4 Å². The van der Waals surface area contributed by atoms with Crippen LogP contribution < -0.4 is 10.5 Å². The van der Waals surface area contributed by atoms with Gasteiger partial charge < -0.3 is 4.90 Å². The maximum absolute atomic E-state index is 13.8. The molecule has 2 fully saturated rings. The molecule has 0 N–H and O–H groups in total. The van der Waals surface area contributed by atoms with Gasteiger partial charge in [0.05, 0.1) is 10.5 Å². The maximum Gasteiger partial charge on any atom is 0.267 e. The van der Waals surface area contributed by atoms with Crippen LogP contribution >= 0.6 is 24.0 Å². The number of nitrogens with zero attached hydrogens (tertiary/aromatic N) is 5. The van der Waals surface area contributed by atoms with Gasteiger partial charge in [-0.1, -0.05) is 86.6 Å². The topological polar surface area (TPSA) is 61.2 Å². The number of thiocarbonyl (C=S) groups is 1. The molecule has 204 valence electrons. The Balaban J connectivity index is 1.44. The van der Waals surface area contributed by atoms with Crippen LogP contribution in [0.5, 0.6) is 0 Å². The summed E-state index contributed by atoms with van der Waals surface area (Å²) in [4.78, 5) is 38.9. The number of aromatic nitrogens is 2. The third-order valence-electron chi connectivity index (χ3n) is 7.37. The monoisotopic (exact) mass is 561 g/mol. The molecular formula is C30H35N5O2S2. The minimum absolute atomic E-state index is 0.117. The number of hydrogen-bond acceptors (Lipinski definition) is 7. The van der Waals surface area contributed by atoms with Crippen LogP contribution in [0.2, 0.25) is 0 Å². The zero-order chi connectivity index (χ0) is 27.4. The first-order valence-electron chi connectivity index (χ1n) is 13.7. The quantitative estimate of drug-likeness (QED) is 0.205. The van der Waals surface area contributed by atoms with Crippen molar-refractivity contribution in [3.05, 3.63) is 80.6 Å². The van der Waals surface area contributed by atoms with E-state index in [9.17, 15) is 9.59 Å². The molecule has 5 rings (SSSR count). The Kier molecular flexibility index (Phi) is 8.79. The molecule has 0 radical (unpaired) electrons. The average Bonchev–Trinajstić information content (AvgIpc) is 3.21. The van der Waals surface area contributed by atoms with Crippen molar-refractivity contribution in [1.29, 1.82) is 0 Å². The number of carbonyl (C=O) groups excluding carboxylic acids is 1. The Bertz CT molecular complexity index is 1440. The summed E-state index contributed by atoms with van der Waals surface area (Å²) in [5.41, 5.74) is 3.15. The number of piperazine rings is 1. The molecule has 1 aromatic carbocycles. The van der Waals surface area contributed by atoms with Gasteiger partial charge in [-0.2, -0.15) is 0 Å². The highest BCUT2D eigenvalue weighted by molar-refractivity contribution is 8.26. The number of fused-ring (bicyclic) bond motifs is 1. The van der Waals surface area contributed by atoms with Gasteiger partial charge in [-0.15, -0.1) is 0 Å². The number of rotatable bonds is 9. The van der Waals surface area contributed by atoms with Crippen LogP contribution in [0.25, 0.3) is 11.7 Å². The van der Waals surface area contributed by atoms with E-state index in [1.54, 1.807) is 21.6 Å². The SMILES string of the molecule is CCCCCCN1C(=O)/C(=C\c2c(N3CCN(Cc4ccccc4)CC3)nc3c(C)cccn3c2=O)SC1=S. The molecule has 0 aliphatic carbocycles. The summed E-state index contributed by atoms with van der Waals surface area (Å²) >= 11 is 6.83. The predicted octanol–water partition coefficient (Wildman–Crippen LogP) is 5.11. The van der Waals surface area contributed by atoms with E-state index in [0.717, 1.165) is 64.0 Å². The van der Waals surface area contributed by atoms with Crippen molar-refractivity contribution in [3.8, 4) is 0 Å². The van der Waals surface area contributed by atoms with E-state index >= 15 is 0 Å². The van der Waals surface area contributed by atoms with Crippen molar-refractivity contribution in [1.82, 2.24) is 19.2 Å². The van der Waals surface area contributed by atoms with E-state index < -0.39 is 0 Å². The smallest absolute Gasteiger partial charge is 0.267 e. The second kappa shape index (κ2) is 12.4. The first-order chi connectivity index (χ1) is 19.0. The lowest BCUT2D eigenvalue weighted by molar-refractivity contribution is -0.122. The predicted molar refractivity (Wildman–Crippen MR) is 164 cm³/mol. The number of anilines is 1. The Morgan fingerprint density at radius 3 is 2.51 bits per heavy atom. The van der Waals surface area contributed by atoms with Crippen molar-refractivity contribution in [2.24, 2.45) is 0 Å². The maximum atomic E-state index is 13.8. The van der Waals surface area contributed by atoms with Gasteiger partial charge in [0.25, 0.3) is 11.5 Å². The minimum Gasteiger partial charge on any atom is -0.353 e. The largest absolute Gasteiger partial charge is 0.353 e. The highest BCUT2D eigenvalue weighted by atomic mass is 32.2. The van der Waals surface area contributed by atoms with Gasteiger partial charge in [0.2, 0.25) is 0 Å². The molecule has 2 saturated heterocycles. The molecule has 3 aromatic rings. The number of thioether (sulfide) groups is 1. The number of unbranched alkanes of at least 4 members (excludes halogenated alkanes) is 3. The number of hydrogen-bond donors (Lipinski definition) is 0. The average molecular weight is 562 g/mol. The third-order valence-corrected chi connectivity index (χ3v) is 8.75. The molecule has 9 heteroatoms. The van der Waals surface area contributed by atoms with Crippen molar-refractivity contribution in [2.75, 3.05) is 37.6 Å². The Labute approximate surface area is 239 Å². The molecule has 2 aliphatic rings. The Hall–Kier alpha value is -3.01. The highest BCUT2D eigenvalue weighted by Crippen LogP contribution is 2.34. The summed E-state index contributed by atoms with van der Waals surface area (Å²) in [6.07, 6.45) is 7.75. The van der Waals surface area contributed by atoms with Crippen LogP contribution in [0.4, 0.5) is 5.82 Å². The fraction of sp³-hybridized carbons (Fsp3) is 0.400. The zero-order valence-corrected chi connectivity index (χ0v) is 24.3. The molecule has 0 spiro atoms. The molecule has 39 heavy (non-hydrogen) atoms. The van der Waals surface area contributed by atoms with E-state index in [1.165, 1.54) is 17.3 Å². The zero-order valence-electron chi connectivity index (χ0n) is 22.6. The van der Waals surface area contributed by atoms with E-state index in [1.807, 2.05) is 25.1 Å². The Morgan fingerprint density at radius 2 is 1.77 bits per heavy atom.